The molecule has 0 saturated carbocycles. The lowest BCUT2D eigenvalue weighted by Crippen LogP contribution is -2.22. The normalized spacial score (nSPS) is 15.4. The SMILES string of the molecule is CCCCCNCCOc1ccc(CC(C)Nc2cc(OC)ccc2C2CCc3cc(O)ccc3C2)cc1F. The fraction of sp³-hybridized carbons (Fsp3) is 0.455. The van der Waals surface area contributed by atoms with Crippen molar-refractivity contribution in [3.05, 3.63) is 82.7 Å². The minimum absolute atomic E-state index is 0.0853. The number of aromatic hydroxyl groups is 1. The maximum Gasteiger partial charge on any atom is 0.165 e. The van der Waals surface area contributed by atoms with Crippen molar-refractivity contribution >= 4 is 5.69 Å². The molecular weight excluding hydrogens is 491 g/mol. The second-order valence-electron chi connectivity index (χ2n) is 10.7. The maximum atomic E-state index is 14.8. The minimum Gasteiger partial charge on any atom is -0.508 e. The second kappa shape index (κ2) is 14.2. The highest BCUT2D eigenvalue weighted by Crippen LogP contribution is 2.38. The Balaban J connectivity index is 1.36. The summed E-state index contributed by atoms with van der Waals surface area (Å²) in [6.07, 6.45) is 7.16. The first-order chi connectivity index (χ1) is 19.0. The third-order valence-electron chi connectivity index (χ3n) is 7.55. The Morgan fingerprint density at radius 3 is 2.69 bits per heavy atom. The maximum absolute atomic E-state index is 14.8. The first kappa shape index (κ1) is 28.8. The molecule has 0 aliphatic heterocycles. The van der Waals surface area contributed by atoms with Crippen molar-refractivity contribution in [2.24, 2.45) is 0 Å². The van der Waals surface area contributed by atoms with Gasteiger partial charge in [-0.25, -0.2) is 4.39 Å². The van der Waals surface area contributed by atoms with Crippen LogP contribution in [0.3, 0.4) is 0 Å². The summed E-state index contributed by atoms with van der Waals surface area (Å²) in [5.74, 6) is 1.49. The molecule has 0 fully saturated rings. The Bertz CT molecular complexity index is 1220. The van der Waals surface area contributed by atoms with Gasteiger partial charge in [-0.1, -0.05) is 38.0 Å². The fourth-order valence-corrected chi connectivity index (χ4v) is 5.47. The number of unbranched alkanes of at least 4 members (excludes halogenated alkanes) is 2. The molecule has 0 bridgehead atoms. The smallest absolute Gasteiger partial charge is 0.165 e. The van der Waals surface area contributed by atoms with E-state index in [1.807, 2.05) is 24.3 Å². The summed E-state index contributed by atoms with van der Waals surface area (Å²) < 4.78 is 25.9. The number of benzene rings is 3. The molecule has 0 radical (unpaired) electrons. The molecule has 0 saturated heterocycles. The van der Waals surface area contributed by atoms with Crippen molar-refractivity contribution in [3.8, 4) is 17.2 Å². The summed E-state index contributed by atoms with van der Waals surface area (Å²) in [5.41, 5.74) is 5.78. The Labute approximate surface area is 232 Å². The summed E-state index contributed by atoms with van der Waals surface area (Å²) in [7, 11) is 1.68. The third-order valence-corrected chi connectivity index (χ3v) is 7.55. The average Bonchev–Trinajstić information content (AvgIpc) is 2.93. The minimum atomic E-state index is -0.320. The highest BCUT2D eigenvalue weighted by molar-refractivity contribution is 5.58. The topological polar surface area (TPSA) is 62.8 Å². The number of rotatable bonds is 14. The quantitative estimate of drug-likeness (QED) is 0.194. The van der Waals surface area contributed by atoms with E-state index in [0.717, 1.165) is 49.2 Å². The number of phenolic OH excluding ortho intramolecular Hbond substituents is 1. The number of hydrogen-bond donors (Lipinski definition) is 3. The number of aryl methyl sites for hydroxylation is 1. The van der Waals surface area contributed by atoms with Gasteiger partial charge in [0.15, 0.2) is 11.6 Å². The fourth-order valence-electron chi connectivity index (χ4n) is 5.47. The first-order valence-corrected chi connectivity index (χ1v) is 14.3. The van der Waals surface area contributed by atoms with Gasteiger partial charge in [0.1, 0.15) is 18.1 Å². The van der Waals surface area contributed by atoms with E-state index in [2.05, 4.69) is 36.6 Å². The second-order valence-corrected chi connectivity index (χ2v) is 10.7. The number of anilines is 1. The lowest BCUT2D eigenvalue weighted by Gasteiger charge is -2.28. The van der Waals surface area contributed by atoms with Gasteiger partial charge in [0.25, 0.3) is 0 Å². The first-order valence-electron chi connectivity index (χ1n) is 14.3. The predicted octanol–water partition coefficient (Wildman–Crippen LogP) is 7.01. The highest BCUT2D eigenvalue weighted by Gasteiger charge is 2.23. The van der Waals surface area contributed by atoms with Gasteiger partial charge in [-0.05, 0) is 104 Å². The van der Waals surface area contributed by atoms with Gasteiger partial charge < -0.3 is 25.2 Å². The summed E-state index contributed by atoms with van der Waals surface area (Å²) in [6.45, 7) is 6.44. The molecule has 2 atom stereocenters. The predicted molar refractivity (Wildman–Crippen MR) is 157 cm³/mol. The molecule has 39 heavy (non-hydrogen) atoms. The molecule has 2 unspecified atom stereocenters. The van der Waals surface area contributed by atoms with Gasteiger partial charge in [-0.15, -0.1) is 0 Å². The van der Waals surface area contributed by atoms with Crippen LogP contribution in [0.4, 0.5) is 10.1 Å². The average molecular weight is 535 g/mol. The Hall–Kier alpha value is -3.25. The lowest BCUT2D eigenvalue weighted by molar-refractivity contribution is 0.298. The van der Waals surface area contributed by atoms with E-state index >= 15 is 0 Å². The van der Waals surface area contributed by atoms with Crippen LogP contribution in [-0.2, 0) is 19.3 Å². The molecule has 210 valence electrons. The summed E-state index contributed by atoms with van der Waals surface area (Å²) in [4.78, 5) is 0. The zero-order valence-electron chi connectivity index (χ0n) is 23.6. The van der Waals surface area contributed by atoms with E-state index in [9.17, 15) is 9.50 Å². The van der Waals surface area contributed by atoms with E-state index in [1.165, 1.54) is 29.5 Å². The van der Waals surface area contributed by atoms with Gasteiger partial charge in [0.05, 0.1) is 7.11 Å². The van der Waals surface area contributed by atoms with Crippen LogP contribution in [0, 0.1) is 5.82 Å². The van der Waals surface area contributed by atoms with Crippen LogP contribution in [0.5, 0.6) is 17.2 Å². The summed E-state index contributed by atoms with van der Waals surface area (Å²) >= 11 is 0. The number of fused-ring (bicyclic) bond motifs is 1. The van der Waals surface area contributed by atoms with E-state index in [-0.39, 0.29) is 11.9 Å². The van der Waals surface area contributed by atoms with E-state index < -0.39 is 0 Å². The van der Waals surface area contributed by atoms with Crippen molar-refractivity contribution in [3.63, 3.8) is 0 Å². The third kappa shape index (κ3) is 8.12. The Morgan fingerprint density at radius 2 is 1.90 bits per heavy atom. The van der Waals surface area contributed by atoms with Gasteiger partial charge in [-0.2, -0.15) is 0 Å². The Kier molecular flexibility index (Phi) is 10.5. The van der Waals surface area contributed by atoms with Crippen LogP contribution in [0.1, 0.15) is 67.7 Å². The zero-order chi connectivity index (χ0) is 27.6. The molecule has 6 heteroatoms. The molecule has 3 aromatic rings. The number of hydrogen-bond acceptors (Lipinski definition) is 5. The van der Waals surface area contributed by atoms with Crippen LogP contribution < -0.4 is 20.1 Å². The van der Waals surface area contributed by atoms with E-state index in [1.54, 1.807) is 25.3 Å². The van der Waals surface area contributed by atoms with Crippen LogP contribution in [0.25, 0.3) is 0 Å². The van der Waals surface area contributed by atoms with E-state index in [4.69, 9.17) is 9.47 Å². The standard InChI is InChI=1S/C33H43FN2O3/c1-4-5-6-15-35-16-17-39-33-14-7-24(19-31(33)34)18-23(2)36-32-22-29(38-3)12-13-30(32)27-9-8-26-21-28(37)11-10-25(26)20-27/h7,10-14,19,21-23,27,35-37H,4-6,8-9,15-18,20H2,1-3H3. The Morgan fingerprint density at radius 1 is 1.03 bits per heavy atom. The molecule has 5 nitrogen and oxygen atoms in total. The van der Waals surface area contributed by atoms with Crippen molar-refractivity contribution in [2.45, 2.75) is 70.8 Å². The summed E-state index contributed by atoms with van der Waals surface area (Å²) in [5, 5.41) is 16.9. The van der Waals surface area contributed by atoms with Gasteiger partial charge in [0.2, 0.25) is 0 Å². The highest BCUT2D eigenvalue weighted by atomic mass is 19.1. The van der Waals surface area contributed by atoms with Crippen LogP contribution in [0.2, 0.25) is 0 Å². The number of halogens is 1. The largest absolute Gasteiger partial charge is 0.508 e. The molecule has 3 aromatic carbocycles. The molecule has 0 heterocycles. The molecule has 0 aromatic heterocycles. The van der Waals surface area contributed by atoms with Crippen molar-refractivity contribution < 1.29 is 19.0 Å². The molecule has 3 N–H and O–H groups in total. The van der Waals surface area contributed by atoms with Crippen molar-refractivity contribution in [1.29, 1.82) is 0 Å². The number of phenols is 1. The molecule has 4 rings (SSSR count). The molecular formula is C33H43FN2O3. The van der Waals surface area contributed by atoms with Crippen LogP contribution in [0.15, 0.2) is 54.6 Å². The van der Waals surface area contributed by atoms with E-state index in [0.29, 0.717) is 37.0 Å². The van der Waals surface area contributed by atoms with Gasteiger partial charge in [0, 0.05) is 24.3 Å². The zero-order valence-corrected chi connectivity index (χ0v) is 23.6. The molecule has 0 spiro atoms. The molecule has 1 aliphatic rings. The van der Waals surface area contributed by atoms with Crippen LogP contribution in [-0.4, -0.2) is 38.0 Å². The lowest BCUT2D eigenvalue weighted by atomic mass is 9.79. The van der Waals surface area contributed by atoms with Crippen molar-refractivity contribution in [2.75, 3.05) is 32.1 Å². The molecule has 1 aliphatic carbocycles. The van der Waals surface area contributed by atoms with Gasteiger partial charge in [-0.3, -0.25) is 0 Å². The monoisotopic (exact) mass is 534 g/mol. The van der Waals surface area contributed by atoms with Gasteiger partial charge >= 0.3 is 0 Å². The number of ether oxygens (including phenoxy) is 2. The van der Waals surface area contributed by atoms with Crippen LogP contribution >= 0.6 is 0 Å². The summed E-state index contributed by atoms with van der Waals surface area (Å²) in [6, 6.07) is 17.3. The number of nitrogens with one attached hydrogen (secondary N) is 2. The van der Waals surface area contributed by atoms with Crippen molar-refractivity contribution in [1.82, 2.24) is 5.32 Å². The molecule has 0 amide bonds. The number of methoxy groups -OCH3 is 1.